The maximum Gasteiger partial charge on any atom is 0.243 e. The van der Waals surface area contributed by atoms with Crippen molar-refractivity contribution >= 4 is 37.6 Å². The molecule has 0 bridgehead atoms. The molecule has 2 unspecified atom stereocenters. The van der Waals surface area contributed by atoms with Crippen molar-refractivity contribution in [2.45, 2.75) is 62.9 Å². The Morgan fingerprint density at radius 3 is 2.62 bits per heavy atom. The molecule has 2 rings (SSSR count). The maximum absolute atomic E-state index is 13.1. The number of halogens is 2. The molecule has 1 fully saturated rings. The first-order chi connectivity index (χ1) is 9.82. The molecule has 1 aliphatic heterocycles. The summed E-state index contributed by atoms with van der Waals surface area (Å²) in [7, 11) is -3.49. The molecule has 118 valence electrons. The van der Waals surface area contributed by atoms with Crippen molar-refractivity contribution in [3.8, 4) is 0 Å². The van der Waals surface area contributed by atoms with E-state index in [9.17, 15) is 8.42 Å². The van der Waals surface area contributed by atoms with Crippen LogP contribution < -0.4 is 0 Å². The molecule has 6 heteroatoms. The van der Waals surface area contributed by atoms with Crippen LogP contribution in [-0.4, -0.2) is 24.8 Å². The van der Waals surface area contributed by atoms with E-state index in [1.807, 2.05) is 26.8 Å². The van der Waals surface area contributed by atoms with Crippen LogP contribution in [0.2, 0.25) is 0 Å². The van der Waals surface area contributed by atoms with Crippen molar-refractivity contribution < 1.29 is 8.42 Å². The van der Waals surface area contributed by atoms with E-state index >= 15 is 0 Å². The van der Waals surface area contributed by atoms with Gasteiger partial charge in [-0.25, -0.2) is 8.42 Å². The van der Waals surface area contributed by atoms with Crippen LogP contribution in [0.1, 0.15) is 44.2 Å². The van der Waals surface area contributed by atoms with E-state index in [0.717, 1.165) is 34.9 Å². The summed E-state index contributed by atoms with van der Waals surface area (Å²) in [6.07, 6.45) is 2.71. The lowest BCUT2D eigenvalue weighted by Gasteiger charge is -2.28. The van der Waals surface area contributed by atoms with E-state index in [0.29, 0.717) is 10.8 Å². The third kappa shape index (κ3) is 3.16. The standard InChI is InChI=1S/C15H21BrClNO2S/c1-4-13-6-5-10(2)18(13)21(19,20)15-8-12(9-17)7-14(16)11(15)3/h7-8,10,13H,4-6,9H2,1-3H3. The fourth-order valence-corrected chi connectivity index (χ4v) is 6.07. The molecule has 2 atom stereocenters. The van der Waals surface area contributed by atoms with Crippen molar-refractivity contribution in [3.05, 3.63) is 27.7 Å². The second kappa shape index (κ2) is 6.57. The lowest BCUT2D eigenvalue weighted by Crippen LogP contribution is -2.40. The molecule has 0 amide bonds. The molecule has 0 aliphatic carbocycles. The minimum atomic E-state index is -3.49. The highest BCUT2D eigenvalue weighted by Crippen LogP contribution is 2.35. The Morgan fingerprint density at radius 1 is 1.38 bits per heavy atom. The van der Waals surface area contributed by atoms with E-state index in [1.165, 1.54) is 0 Å². The van der Waals surface area contributed by atoms with Crippen LogP contribution in [0.25, 0.3) is 0 Å². The molecule has 21 heavy (non-hydrogen) atoms. The third-order valence-corrected chi connectivity index (χ3v) is 7.57. The van der Waals surface area contributed by atoms with Gasteiger partial charge in [-0.05, 0) is 56.4 Å². The van der Waals surface area contributed by atoms with Gasteiger partial charge in [0.05, 0.1) is 4.90 Å². The largest absolute Gasteiger partial charge is 0.243 e. The van der Waals surface area contributed by atoms with E-state index < -0.39 is 10.0 Å². The highest BCUT2D eigenvalue weighted by atomic mass is 79.9. The van der Waals surface area contributed by atoms with Gasteiger partial charge in [0.25, 0.3) is 0 Å². The van der Waals surface area contributed by atoms with Crippen LogP contribution in [0.5, 0.6) is 0 Å². The van der Waals surface area contributed by atoms with Gasteiger partial charge in [-0.2, -0.15) is 4.31 Å². The van der Waals surface area contributed by atoms with Crippen molar-refractivity contribution in [3.63, 3.8) is 0 Å². The zero-order valence-corrected chi connectivity index (χ0v) is 15.7. The Morgan fingerprint density at radius 2 is 2.05 bits per heavy atom. The molecule has 1 aromatic carbocycles. The lowest BCUT2D eigenvalue weighted by molar-refractivity contribution is 0.328. The predicted molar refractivity (Wildman–Crippen MR) is 90.2 cm³/mol. The summed E-state index contributed by atoms with van der Waals surface area (Å²) in [6.45, 7) is 5.86. The van der Waals surface area contributed by atoms with Gasteiger partial charge < -0.3 is 0 Å². The Balaban J connectivity index is 2.56. The van der Waals surface area contributed by atoms with Crippen LogP contribution in [0.15, 0.2) is 21.5 Å². The molecule has 0 N–H and O–H groups in total. The molecule has 1 saturated heterocycles. The molecule has 0 aromatic heterocycles. The number of rotatable bonds is 4. The molecular formula is C15H21BrClNO2S. The molecule has 0 saturated carbocycles. The summed E-state index contributed by atoms with van der Waals surface area (Å²) in [4.78, 5) is 0.375. The zero-order valence-electron chi connectivity index (χ0n) is 12.6. The SMILES string of the molecule is CCC1CCC(C)N1S(=O)(=O)c1cc(CCl)cc(Br)c1C. The predicted octanol–water partition coefficient (Wildman–Crippen LogP) is 4.45. The third-order valence-electron chi connectivity index (χ3n) is 4.25. The summed E-state index contributed by atoms with van der Waals surface area (Å²) in [5.41, 5.74) is 1.56. The second-order valence-electron chi connectivity index (χ2n) is 5.66. The van der Waals surface area contributed by atoms with Crippen molar-refractivity contribution in [1.29, 1.82) is 0 Å². The summed E-state index contributed by atoms with van der Waals surface area (Å²) >= 11 is 9.33. The summed E-state index contributed by atoms with van der Waals surface area (Å²) in [5, 5.41) is 0. The monoisotopic (exact) mass is 393 g/mol. The second-order valence-corrected chi connectivity index (χ2v) is 8.59. The molecule has 1 heterocycles. The van der Waals surface area contributed by atoms with Gasteiger partial charge in [0.2, 0.25) is 10.0 Å². The molecule has 0 radical (unpaired) electrons. The van der Waals surface area contributed by atoms with Crippen molar-refractivity contribution in [2.24, 2.45) is 0 Å². The summed E-state index contributed by atoms with van der Waals surface area (Å²) in [5.74, 6) is 0.300. The Kier molecular flexibility index (Phi) is 5.40. The van der Waals surface area contributed by atoms with E-state index in [4.69, 9.17) is 11.6 Å². The first kappa shape index (κ1) is 17.3. The molecular weight excluding hydrogens is 374 g/mol. The number of hydrogen-bond acceptors (Lipinski definition) is 2. The minimum Gasteiger partial charge on any atom is -0.207 e. The van der Waals surface area contributed by atoms with Crippen LogP contribution in [-0.2, 0) is 15.9 Å². The summed E-state index contributed by atoms with van der Waals surface area (Å²) < 4.78 is 28.7. The molecule has 0 spiro atoms. The lowest BCUT2D eigenvalue weighted by atomic mass is 10.2. The van der Waals surface area contributed by atoms with Crippen LogP contribution in [0, 0.1) is 6.92 Å². The number of hydrogen-bond donors (Lipinski definition) is 0. The fourth-order valence-electron chi connectivity index (χ4n) is 3.03. The quantitative estimate of drug-likeness (QED) is 0.708. The minimum absolute atomic E-state index is 0.0535. The van der Waals surface area contributed by atoms with Gasteiger partial charge in [0, 0.05) is 22.4 Å². The highest BCUT2D eigenvalue weighted by molar-refractivity contribution is 9.10. The Hall–Kier alpha value is -0.100. The first-order valence-electron chi connectivity index (χ1n) is 7.21. The van der Waals surface area contributed by atoms with Crippen molar-refractivity contribution in [2.75, 3.05) is 0 Å². The van der Waals surface area contributed by atoms with Gasteiger partial charge in [0.1, 0.15) is 0 Å². The number of sulfonamides is 1. The smallest absolute Gasteiger partial charge is 0.207 e. The normalized spacial score (nSPS) is 23.7. The fraction of sp³-hybridized carbons (Fsp3) is 0.600. The maximum atomic E-state index is 13.1. The average molecular weight is 395 g/mol. The average Bonchev–Trinajstić information content (AvgIpc) is 2.83. The van der Waals surface area contributed by atoms with Gasteiger partial charge in [-0.3, -0.25) is 0 Å². The number of nitrogens with zero attached hydrogens (tertiary/aromatic N) is 1. The highest BCUT2D eigenvalue weighted by Gasteiger charge is 2.39. The first-order valence-corrected chi connectivity index (χ1v) is 9.98. The Bertz CT molecular complexity index is 633. The number of alkyl halides is 1. The van der Waals surface area contributed by atoms with Gasteiger partial charge >= 0.3 is 0 Å². The molecule has 1 aliphatic rings. The molecule has 1 aromatic rings. The molecule has 3 nitrogen and oxygen atoms in total. The van der Waals surface area contributed by atoms with Crippen molar-refractivity contribution in [1.82, 2.24) is 4.31 Å². The zero-order chi connectivity index (χ0) is 15.8. The van der Waals surface area contributed by atoms with Gasteiger partial charge in [-0.1, -0.05) is 22.9 Å². The summed E-state index contributed by atoms with van der Waals surface area (Å²) in [6, 6.07) is 3.74. The van der Waals surface area contributed by atoms with Crippen LogP contribution in [0.4, 0.5) is 0 Å². The Labute approximate surface area is 140 Å². The van der Waals surface area contributed by atoms with Crippen LogP contribution in [0.3, 0.4) is 0 Å². The van der Waals surface area contributed by atoms with E-state index in [-0.39, 0.29) is 12.1 Å². The van der Waals surface area contributed by atoms with Crippen LogP contribution >= 0.6 is 27.5 Å². The van der Waals surface area contributed by atoms with Gasteiger partial charge in [0.15, 0.2) is 0 Å². The van der Waals surface area contributed by atoms with Gasteiger partial charge in [-0.15, -0.1) is 11.6 Å². The topological polar surface area (TPSA) is 37.4 Å². The van der Waals surface area contributed by atoms with E-state index in [1.54, 1.807) is 10.4 Å². The number of benzene rings is 1. The van der Waals surface area contributed by atoms with E-state index in [2.05, 4.69) is 15.9 Å².